The van der Waals surface area contributed by atoms with Crippen molar-refractivity contribution in [2.45, 2.75) is 18.3 Å². The van der Waals surface area contributed by atoms with E-state index >= 15 is 0 Å². The maximum absolute atomic E-state index is 14.4. The number of aromatic nitrogens is 2. The van der Waals surface area contributed by atoms with Crippen LogP contribution in [0, 0.1) is 5.82 Å². The summed E-state index contributed by atoms with van der Waals surface area (Å²) in [6.07, 6.45) is 4.56. The molecule has 8 heteroatoms. The molecule has 1 amide bonds. The van der Waals surface area contributed by atoms with Gasteiger partial charge in [0.15, 0.2) is 11.6 Å². The fourth-order valence-corrected chi connectivity index (χ4v) is 4.08. The Morgan fingerprint density at radius 1 is 1.16 bits per heavy atom. The molecule has 0 atom stereocenters. The number of benzene rings is 2. The third-order valence-corrected chi connectivity index (χ3v) is 5.97. The average Bonchev–Trinajstić information content (AvgIpc) is 3.48. The first-order chi connectivity index (χ1) is 15.0. The number of carbonyl (C=O) groups is 1. The normalized spacial score (nSPS) is 15.5. The minimum atomic E-state index is -0.583. The zero-order chi connectivity index (χ0) is 21.6. The van der Waals surface area contributed by atoms with E-state index in [4.69, 9.17) is 11.6 Å². The molecule has 1 fully saturated rings. The van der Waals surface area contributed by atoms with Crippen LogP contribution in [0.4, 0.5) is 33.2 Å². The molecule has 0 bridgehead atoms. The van der Waals surface area contributed by atoms with Crippen molar-refractivity contribution < 1.29 is 9.18 Å². The first-order valence-electron chi connectivity index (χ1n) is 9.88. The van der Waals surface area contributed by atoms with Crippen molar-refractivity contribution in [3.05, 3.63) is 77.7 Å². The molecule has 6 nitrogen and oxygen atoms in total. The summed E-state index contributed by atoms with van der Waals surface area (Å²) < 4.78 is 14.4. The molecule has 156 valence electrons. The van der Waals surface area contributed by atoms with Crippen LogP contribution in [0.2, 0.25) is 5.02 Å². The van der Waals surface area contributed by atoms with Gasteiger partial charge < -0.3 is 15.5 Å². The van der Waals surface area contributed by atoms with E-state index in [0.29, 0.717) is 17.3 Å². The summed E-state index contributed by atoms with van der Waals surface area (Å²) in [5.74, 6) is -0.440. The van der Waals surface area contributed by atoms with Crippen molar-refractivity contribution in [3.8, 4) is 0 Å². The molecule has 2 aromatic carbocycles. The Morgan fingerprint density at radius 2 is 1.90 bits per heavy atom. The van der Waals surface area contributed by atoms with Crippen molar-refractivity contribution in [2.75, 3.05) is 22.1 Å². The van der Waals surface area contributed by atoms with E-state index in [-0.39, 0.29) is 23.1 Å². The van der Waals surface area contributed by atoms with Crippen LogP contribution in [-0.2, 0) is 10.2 Å². The van der Waals surface area contributed by atoms with E-state index in [1.54, 1.807) is 29.2 Å². The van der Waals surface area contributed by atoms with Gasteiger partial charge in [0.1, 0.15) is 0 Å². The highest BCUT2D eigenvalue weighted by atomic mass is 35.5. The fourth-order valence-electron chi connectivity index (χ4n) is 3.95. The lowest BCUT2D eigenvalue weighted by Gasteiger charge is -2.16. The van der Waals surface area contributed by atoms with Gasteiger partial charge in [0, 0.05) is 34.0 Å². The number of fused-ring (bicyclic) bond motifs is 2. The highest BCUT2D eigenvalue weighted by Gasteiger charge is 2.52. The fraction of sp³-hybridized carbons (Fsp3) is 0.174. The number of amides is 1. The molecule has 5 rings (SSSR count). The van der Waals surface area contributed by atoms with Crippen molar-refractivity contribution in [3.63, 3.8) is 0 Å². The van der Waals surface area contributed by atoms with Gasteiger partial charge in [0.25, 0.3) is 0 Å². The van der Waals surface area contributed by atoms with Crippen molar-refractivity contribution >= 4 is 46.3 Å². The number of nitrogens with one attached hydrogen (secondary N) is 2. The second-order valence-corrected chi connectivity index (χ2v) is 8.22. The van der Waals surface area contributed by atoms with Gasteiger partial charge in [-0.1, -0.05) is 24.2 Å². The Labute approximate surface area is 183 Å². The van der Waals surface area contributed by atoms with Crippen LogP contribution in [0.3, 0.4) is 0 Å². The minimum absolute atomic E-state index is 0.0344. The van der Waals surface area contributed by atoms with E-state index in [1.165, 1.54) is 6.08 Å². The van der Waals surface area contributed by atoms with Gasteiger partial charge in [-0.3, -0.25) is 4.79 Å². The maximum Gasteiger partial charge on any atom is 0.250 e. The van der Waals surface area contributed by atoms with Crippen molar-refractivity contribution in [2.24, 2.45) is 0 Å². The topological polar surface area (TPSA) is 70.2 Å². The Morgan fingerprint density at radius 3 is 2.61 bits per heavy atom. The minimum Gasteiger partial charge on any atom is -0.338 e. The predicted octanol–water partition coefficient (Wildman–Crippen LogP) is 5.32. The number of rotatable bonds is 5. The Balaban J connectivity index is 1.42. The standard InChI is InChI=1S/C23H19ClFN5O/c1-2-20(31)30-13-23(9-10-23)17-8-7-16(11-19(17)30)27-21-18(25)12-26-22(29-21)28-15-5-3-14(24)4-6-15/h2-8,11-12H,1,9-10,13H2,(H2,26,27,28,29). The summed E-state index contributed by atoms with van der Waals surface area (Å²) in [7, 11) is 0. The van der Waals surface area contributed by atoms with Crippen LogP contribution >= 0.6 is 11.6 Å². The quantitative estimate of drug-likeness (QED) is 0.531. The highest BCUT2D eigenvalue weighted by Crippen LogP contribution is 2.57. The lowest BCUT2D eigenvalue weighted by molar-refractivity contribution is -0.114. The van der Waals surface area contributed by atoms with E-state index in [0.717, 1.165) is 36.0 Å². The summed E-state index contributed by atoms with van der Waals surface area (Å²) in [6, 6.07) is 12.8. The molecular formula is C23H19ClFN5O. The summed E-state index contributed by atoms with van der Waals surface area (Å²) in [5.41, 5.74) is 3.41. The molecule has 2 heterocycles. The smallest absolute Gasteiger partial charge is 0.250 e. The largest absolute Gasteiger partial charge is 0.338 e. The summed E-state index contributed by atoms with van der Waals surface area (Å²) in [4.78, 5) is 22.3. The molecule has 3 aromatic rings. The molecule has 1 aliphatic carbocycles. The lowest BCUT2D eigenvalue weighted by atomic mass is 9.98. The Hall–Kier alpha value is -3.45. The van der Waals surface area contributed by atoms with Crippen LogP contribution < -0.4 is 15.5 Å². The molecular weight excluding hydrogens is 417 g/mol. The second kappa shape index (κ2) is 7.35. The molecule has 1 spiro atoms. The molecule has 1 aliphatic heterocycles. The van der Waals surface area contributed by atoms with Gasteiger partial charge in [0.2, 0.25) is 11.9 Å². The zero-order valence-electron chi connectivity index (χ0n) is 16.5. The summed E-state index contributed by atoms with van der Waals surface area (Å²) >= 11 is 5.90. The molecule has 2 aliphatic rings. The van der Waals surface area contributed by atoms with E-state index < -0.39 is 5.82 Å². The maximum atomic E-state index is 14.4. The zero-order valence-corrected chi connectivity index (χ0v) is 17.3. The molecule has 1 saturated carbocycles. The summed E-state index contributed by atoms with van der Waals surface area (Å²) in [6.45, 7) is 4.27. The van der Waals surface area contributed by atoms with E-state index in [2.05, 4.69) is 27.2 Å². The lowest BCUT2D eigenvalue weighted by Crippen LogP contribution is -2.29. The molecule has 0 saturated heterocycles. The van der Waals surface area contributed by atoms with Crippen molar-refractivity contribution in [1.82, 2.24) is 9.97 Å². The number of hydrogen-bond donors (Lipinski definition) is 2. The number of anilines is 5. The first-order valence-corrected chi connectivity index (χ1v) is 10.3. The average molecular weight is 436 g/mol. The van der Waals surface area contributed by atoms with Crippen LogP contribution in [-0.4, -0.2) is 22.4 Å². The van der Waals surface area contributed by atoms with Crippen molar-refractivity contribution in [1.29, 1.82) is 0 Å². The second-order valence-electron chi connectivity index (χ2n) is 7.79. The third kappa shape index (κ3) is 3.61. The van der Waals surface area contributed by atoms with Gasteiger partial charge >= 0.3 is 0 Å². The predicted molar refractivity (Wildman–Crippen MR) is 120 cm³/mol. The van der Waals surface area contributed by atoms with Gasteiger partial charge in [-0.2, -0.15) is 4.98 Å². The number of hydrogen-bond acceptors (Lipinski definition) is 5. The number of halogens is 2. The molecule has 0 radical (unpaired) electrons. The molecule has 1 aromatic heterocycles. The number of carbonyl (C=O) groups excluding carboxylic acids is 1. The molecule has 0 unspecified atom stereocenters. The van der Waals surface area contributed by atoms with Gasteiger partial charge in [-0.15, -0.1) is 0 Å². The van der Waals surface area contributed by atoms with Gasteiger partial charge in [-0.05, 0) is 60.9 Å². The van der Waals surface area contributed by atoms with Crippen LogP contribution in [0.25, 0.3) is 0 Å². The Kier molecular flexibility index (Phi) is 4.63. The van der Waals surface area contributed by atoms with Gasteiger partial charge in [-0.25, -0.2) is 9.37 Å². The Bertz CT molecular complexity index is 1190. The number of nitrogens with zero attached hydrogens (tertiary/aromatic N) is 3. The first kappa shape index (κ1) is 19.5. The molecule has 2 N–H and O–H groups in total. The third-order valence-electron chi connectivity index (χ3n) is 5.72. The van der Waals surface area contributed by atoms with Crippen LogP contribution in [0.1, 0.15) is 18.4 Å². The van der Waals surface area contributed by atoms with Crippen LogP contribution in [0.15, 0.2) is 61.3 Å². The monoisotopic (exact) mass is 435 g/mol. The SMILES string of the molecule is C=CC(=O)N1CC2(CC2)c2ccc(Nc3nc(Nc4ccc(Cl)cc4)ncc3F)cc21. The summed E-state index contributed by atoms with van der Waals surface area (Å²) in [5, 5.41) is 6.65. The van der Waals surface area contributed by atoms with E-state index in [9.17, 15) is 9.18 Å². The highest BCUT2D eigenvalue weighted by molar-refractivity contribution is 6.30. The van der Waals surface area contributed by atoms with E-state index in [1.807, 2.05) is 18.2 Å². The molecule has 31 heavy (non-hydrogen) atoms. The van der Waals surface area contributed by atoms with Crippen LogP contribution in [0.5, 0.6) is 0 Å². The van der Waals surface area contributed by atoms with Gasteiger partial charge in [0.05, 0.1) is 6.20 Å².